The second kappa shape index (κ2) is 5.18. The Morgan fingerprint density at radius 1 is 1.38 bits per heavy atom. The van der Waals surface area contributed by atoms with Gasteiger partial charge in [-0.05, 0) is 18.2 Å². The van der Waals surface area contributed by atoms with Crippen LogP contribution in [0.1, 0.15) is 5.56 Å². The molecule has 1 aromatic carbocycles. The molecule has 0 fully saturated rings. The zero-order valence-electron chi connectivity index (χ0n) is 8.49. The van der Waals surface area contributed by atoms with Crippen LogP contribution in [-0.4, -0.2) is 25.1 Å². The first-order valence-corrected chi connectivity index (χ1v) is 4.44. The third-order valence-electron chi connectivity index (χ3n) is 1.83. The van der Waals surface area contributed by atoms with Gasteiger partial charge in [0.25, 0.3) is 0 Å². The number of methoxy groups -OCH3 is 1. The summed E-state index contributed by atoms with van der Waals surface area (Å²) in [5.74, 6) is 0.0333. The van der Waals surface area contributed by atoms with E-state index < -0.39 is 18.0 Å². The molecule has 1 aromatic rings. The third kappa shape index (κ3) is 3.71. The highest BCUT2D eigenvalue weighted by Crippen LogP contribution is 2.31. The highest BCUT2D eigenvalue weighted by molar-refractivity contribution is 5.30. The van der Waals surface area contributed by atoms with Gasteiger partial charge in [0.05, 0.1) is 5.56 Å². The molecule has 1 unspecified atom stereocenters. The Morgan fingerprint density at radius 3 is 2.62 bits per heavy atom. The molecule has 0 aliphatic carbocycles. The Hall–Kier alpha value is -1.27. The minimum atomic E-state index is -4.40. The van der Waals surface area contributed by atoms with E-state index in [4.69, 9.17) is 9.84 Å². The largest absolute Gasteiger partial charge is 0.488 e. The molecule has 0 aliphatic heterocycles. The normalized spacial score (nSPS) is 13.6. The van der Waals surface area contributed by atoms with Crippen molar-refractivity contribution in [2.45, 2.75) is 12.5 Å². The van der Waals surface area contributed by atoms with Crippen molar-refractivity contribution in [3.63, 3.8) is 0 Å². The summed E-state index contributed by atoms with van der Waals surface area (Å²) in [6.07, 6.45) is -5.56. The van der Waals surface area contributed by atoms with Crippen LogP contribution in [0.3, 0.4) is 0 Å². The fourth-order valence-corrected chi connectivity index (χ4v) is 0.998. The first-order chi connectivity index (χ1) is 7.43. The second-order valence-corrected chi connectivity index (χ2v) is 3.03. The van der Waals surface area contributed by atoms with Crippen LogP contribution in [0.15, 0.2) is 24.3 Å². The van der Waals surface area contributed by atoms with Crippen molar-refractivity contribution in [3.05, 3.63) is 29.8 Å². The van der Waals surface area contributed by atoms with E-state index in [-0.39, 0.29) is 12.4 Å². The number of benzene rings is 1. The number of aliphatic hydroxyl groups is 1. The number of aliphatic hydroxyl groups excluding tert-OH is 1. The van der Waals surface area contributed by atoms with Gasteiger partial charge in [-0.15, -0.1) is 0 Å². The van der Waals surface area contributed by atoms with E-state index in [0.29, 0.717) is 0 Å². The maximum absolute atomic E-state index is 12.3. The molecular formula is C10H11F3O3. The Morgan fingerprint density at radius 2 is 2.06 bits per heavy atom. The van der Waals surface area contributed by atoms with E-state index in [1.807, 2.05) is 0 Å². The lowest BCUT2D eigenvalue weighted by molar-refractivity contribution is -0.137. The molecule has 0 spiro atoms. The quantitative estimate of drug-likeness (QED) is 0.813. The smallest absolute Gasteiger partial charge is 0.416 e. The molecule has 0 bridgehead atoms. The number of hydrogen-bond donors (Lipinski definition) is 1. The topological polar surface area (TPSA) is 38.7 Å². The molecule has 0 radical (unpaired) electrons. The predicted octanol–water partition coefficient (Wildman–Crippen LogP) is 2.05. The minimum absolute atomic E-state index is 0.0333. The molecule has 0 aliphatic rings. The van der Waals surface area contributed by atoms with Crippen LogP contribution < -0.4 is 4.74 Å². The molecule has 6 heteroatoms. The standard InChI is InChI=1S/C10H11F3O3/c1-15-9(14)6-16-8-4-2-3-7(5-8)10(11,12)13/h2-5,9,14H,6H2,1H3. The molecule has 0 saturated heterocycles. The summed E-state index contributed by atoms with van der Waals surface area (Å²) in [6, 6.07) is 4.41. The van der Waals surface area contributed by atoms with Crippen LogP contribution in [0, 0.1) is 0 Å². The summed E-state index contributed by atoms with van der Waals surface area (Å²) in [5.41, 5.74) is -0.795. The molecule has 1 rings (SSSR count). The summed E-state index contributed by atoms with van der Waals surface area (Å²) in [4.78, 5) is 0. The highest BCUT2D eigenvalue weighted by Gasteiger charge is 2.30. The molecule has 1 atom stereocenters. The average molecular weight is 236 g/mol. The summed E-state index contributed by atoms with van der Waals surface area (Å²) in [6.45, 7) is -0.224. The van der Waals surface area contributed by atoms with Crippen molar-refractivity contribution in [3.8, 4) is 5.75 Å². The van der Waals surface area contributed by atoms with E-state index >= 15 is 0 Å². The maximum Gasteiger partial charge on any atom is 0.416 e. The van der Waals surface area contributed by atoms with Crippen LogP contribution in [-0.2, 0) is 10.9 Å². The molecule has 3 nitrogen and oxygen atoms in total. The third-order valence-corrected chi connectivity index (χ3v) is 1.83. The number of ether oxygens (including phenoxy) is 2. The van der Waals surface area contributed by atoms with Gasteiger partial charge in [0, 0.05) is 7.11 Å². The predicted molar refractivity (Wildman–Crippen MR) is 50.0 cm³/mol. The second-order valence-electron chi connectivity index (χ2n) is 3.03. The Bertz CT molecular complexity index is 338. The minimum Gasteiger partial charge on any atom is -0.488 e. The van der Waals surface area contributed by atoms with Crippen molar-refractivity contribution < 1.29 is 27.8 Å². The van der Waals surface area contributed by atoms with Gasteiger partial charge >= 0.3 is 6.18 Å². The number of hydrogen-bond acceptors (Lipinski definition) is 3. The van der Waals surface area contributed by atoms with Gasteiger partial charge in [-0.25, -0.2) is 0 Å². The summed E-state index contributed by atoms with van der Waals surface area (Å²) < 4.78 is 46.3. The van der Waals surface area contributed by atoms with Crippen molar-refractivity contribution in [1.29, 1.82) is 0 Å². The first-order valence-electron chi connectivity index (χ1n) is 4.44. The Balaban J connectivity index is 2.68. The molecule has 0 saturated carbocycles. The van der Waals surface area contributed by atoms with E-state index in [2.05, 4.69) is 4.74 Å². The van der Waals surface area contributed by atoms with Gasteiger partial charge in [0.15, 0.2) is 6.29 Å². The van der Waals surface area contributed by atoms with Gasteiger partial charge < -0.3 is 14.6 Å². The van der Waals surface area contributed by atoms with E-state index in [9.17, 15) is 13.2 Å². The van der Waals surface area contributed by atoms with E-state index in [1.165, 1.54) is 19.2 Å². The first kappa shape index (κ1) is 12.8. The molecule has 1 N–H and O–H groups in total. The molecular weight excluding hydrogens is 225 g/mol. The molecule has 0 amide bonds. The maximum atomic E-state index is 12.3. The zero-order chi connectivity index (χ0) is 12.2. The summed E-state index contributed by atoms with van der Waals surface area (Å²) >= 11 is 0. The van der Waals surface area contributed by atoms with Crippen molar-refractivity contribution in [2.24, 2.45) is 0 Å². The van der Waals surface area contributed by atoms with Crippen molar-refractivity contribution in [1.82, 2.24) is 0 Å². The highest BCUT2D eigenvalue weighted by atomic mass is 19.4. The van der Waals surface area contributed by atoms with E-state index in [0.717, 1.165) is 12.1 Å². The summed E-state index contributed by atoms with van der Waals surface area (Å²) in [5, 5.41) is 8.98. The van der Waals surface area contributed by atoms with Gasteiger partial charge in [-0.2, -0.15) is 13.2 Å². The SMILES string of the molecule is COC(O)COc1cccc(C(F)(F)F)c1. The molecule has 0 heterocycles. The van der Waals surface area contributed by atoms with Crippen LogP contribution in [0.5, 0.6) is 5.75 Å². The summed E-state index contributed by atoms with van der Waals surface area (Å²) in [7, 11) is 1.26. The van der Waals surface area contributed by atoms with Crippen molar-refractivity contribution >= 4 is 0 Å². The fourth-order valence-electron chi connectivity index (χ4n) is 0.998. The lowest BCUT2D eigenvalue weighted by Gasteiger charge is -2.12. The molecule has 90 valence electrons. The van der Waals surface area contributed by atoms with Gasteiger partial charge in [0.1, 0.15) is 12.4 Å². The van der Waals surface area contributed by atoms with Crippen LogP contribution in [0.4, 0.5) is 13.2 Å². The number of alkyl halides is 3. The van der Waals surface area contributed by atoms with Crippen LogP contribution in [0.2, 0.25) is 0 Å². The monoisotopic (exact) mass is 236 g/mol. The molecule has 0 aromatic heterocycles. The lowest BCUT2D eigenvalue weighted by atomic mass is 10.2. The number of halogens is 3. The van der Waals surface area contributed by atoms with Gasteiger partial charge in [-0.3, -0.25) is 0 Å². The average Bonchev–Trinajstić information content (AvgIpc) is 2.25. The van der Waals surface area contributed by atoms with Gasteiger partial charge in [0.2, 0.25) is 0 Å². The number of rotatable bonds is 4. The van der Waals surface area contributed by atoms with Crippen LogP contribution in [0.25, 0.3) is 0 Å². The lowest BCUT2D eigenvalue weighted by Crippen LogP contribution is -2.19. The molecule has 16 heavy (non-hydrogen) atoms. The van der Waals surface area contributed by atoms with Gasteiger partial charge in [-0.1, -0.05) is 6.07 Å². The fraction of sp³-hybridized carbons (Fsp3) is 0.400. The van der Waals surface area contributed by atoms with E-state index in [1.54, 1.807) is 0 Å². The Labute approximate surface area is 90.4 Å². The van der Waals surface area contributed by atoms with Crippen molar-refractivity contribution in [2.75, 3.05) is 13.7 Å². The Kier molecular flexibility index (Phi) is 4.14. The van der Waals surface area contributed by atoms with Crippen LogP contribution >= 0.6 is 0 Å². The zero-order valence-corrected chi connectivity index (χ0v) is 8.49.